The molecular formula is C17H20Cl2N2O2. The molecule has 0 radical (unpaired) electrons. The van der Waals surface area contributed by atoms with Gasteiger partial charge in [-0.25, -0.2) is 4.98 Å². The summed E-state index contributed by atoms with van der Waals surface area (Å²) in [4.78, 5) is 15.3. The maximum absolute atomic E-state index is 11.2. The fourth-order valence-electron chi connectivity index (χ4n) is 2.32. The number of unbranched alkanes of at least 4 members (excludes halogenated alkanes) is 2. The maximum atomic E-state index is 11.2. The molecule has 0 N–H and O–H groups in total. The summed E-state index contributed by atoms with van der Waals surface area (Å²) >= 11 is 12.3. The first-order valence-corrected chi connectivity index (χ1v) is 8.41. The van der Waals surface area contributed by atoms with Gasteiger partial charge >= 0.3 is 0 Å². The second kappa shape index (κ2) is 8.37. The lowest BCUT2D eigenvalue weighted by Gasteiger charge is -2.11. The molecule has 0 spiro atoms. The third kappa shape index (κ3) is 4.49. The van der Waals surface area contributed by atoms with Crippen LogP contribution >= 0.6 is 23.2 Å². The van der Waals surface area contributed by atoms with Crippen molar-refractivity contribution >= 4 is 29.5 Å². The van der Waals surface area contributed by atoms with E-state index in [1.54, 1.807) is 17.6 Å². The summed E-state index contributed by atoms with van der Waals surface area (Å²) in [5.74, 6) is 1.43. The number of aldehydes is 1. The van der Waals surface area contributed by atoms with Crippen LogP contribution < -0.4 is 4.74 Å². The maximum Gasteiger partial charge on any atom is 0.169 e. The Balaban J connectivity index is 2.11. The van der Waals surface area contributed by atoms with Gasteiger partial charge in [0.1, 0.15) is 17.3 Å². The molecule has 1 aromatic carbocycles. The van der Waals surface area contributed by atoms with Gasteiger partial charge in [-0.1, -0.05) is 49.0 Å². The van der Waals surface area contributed by atoms with Crippen molar-refractivity contribution < 1.29 is 9.53 Å². The Labute approximate surface area is 146 Å². The first-order valence-electron chi connectivity index (χ1n) is 7.65. The number of aryl methyl sites for hydroxylation is 1. The molecule has 0 unspecified atom stereocenters. The summed E-state index contributed by atoms with van der Waals surface area (Å²) in [6.45, 7) is 5.09. The fourth-order valence-corrected chi connectivity index (χ4v) is 2.81. The van der Waals surface area contributed by atoms with Crippen LogP contribution in [0.2, 0.25) is 10.2 Å². The molecule has 23 heavy (non-hydrogen) atoms. The summed E-state index contributed by atoms with van der Waals surface area (Å²) in [5.41, 5.74) is 1.24. The van der Waals surface area contributed by atoms with E-state index in [9.17, 15) is 4.79 Å². The van der Waals surface area contributed by atoms with E-state index < -0.39 is 0 Å². The number of hydrogen-bond donors (Lipinski definition) is 0. The zero-order valence-electron chi connectivity index (χ0n) is 13.3. The highest BCUT2D eigenvalue weighted by molar-refractivity contribution is 6.32. The van der Waals surface area contributed by atoms with Gasteiger partial charge in [0.25, 0.3) is 0 Å². The highest BCUT2D eigenvalue weighted by Gasteiger charge is 2.14. The van der Waals surface area contributed by atoms with Gasteiger partial charge in [-0.2, -0.15) is 0 Å². The van der Waals surface area contributed by atoms with E-state index in [2.05, 4.69) is 11.9 Å². The van der Waals surface area contributed by atoms with Gasteiger partial charge in [-0.05, 0) is 31.0 Å². The standard InChI is InChI=1S/C17H20Cl2N2O2/c1-3-4-5-8-23-14-7-6-13(15(18)9-14)10-21-12(2)20-17(19)16(21)11-22/h6-7,9,11H,3-5,8,10H2,1-2H3. The number of benzene rings is 1. The summed E-state index contributed by atoms with van der Waals surface area (Å²) in [5, 5.41) is 0.809. The topological polar surface area (TPSA) is 44.1 Å². The summed E-state index contributed by atoms with van der Waals surface area (Å²) in [6, 6.07) is 5.60. The number of carbonyl (C=O) groups is 1. The molecular weight excluding hydrogens is 335 g/mol. The molecule has 0 amide bonds. The molecule has 2 aromatic rings. The number of ether oxygens (including phenoxy) is 1. The van der Waals surface area contributed by atoms with E-state index >= 15 is 0 Å². The molecule has 1 aromatic heterocycles. The number of imidazole rings is 1. The predicted octanol–water partition coefficient (Wildman–Crippen LogP) is 4.93. The van der Waals surface area contributed by atoms with Crippen LogP contribution in [0.4, 0.5) is 0 Å². The van der Waals surface area contributed by atoms with Gasteiger partial charge in [0.2, 0.25) is 0 Å². The third-order valence-corrected chi connectivity index (χ3v) is 4.26. The minimum Gasteiger partial charge on any atom is -0.494 e. The van der Waals surface area contributed by atoms with Crippen molar-refractivity contribution in [2.45, 2.75) is 39.7 Å². The van der Waals surface area contributed by atoms with Crippen molar-refractivity contribution in [1.29, 1.82) is 0 Å². The Bertz CT molecular complexity index is 683. The molecule has 1 heterocycles. The second-order valence-electron chi connectivity index (χ2n) is 5.35. The Morgan fingerprint density at radius 1 is 1.30 bits per heavy atom. The summed E-state index contributed by atoms with van der Waals surface area (Å²) in [7, 11) is 0. The lowest BCUT2D eigenvalue weighted by molar-refractivity contribution is 0.111. The van der Waals surface area contributed by atoms with Crippen LogP contribution in [0, 0.1) is 6.92 Å². The quantitative estimate of drug-likeness (QED) is 0.498. The van der Waals surface area contributed by atoms with Gasteiger partial charge in [0, 0.05) is 5.02 Å². The van der Waals surface area contributed by atoms with E-state index in [4.69, 9.17) is 27.9 Å². The molecule has 2 rings (SSSR count). The molecule has 0 fully saturated rings. The average molecular weight is 355 g/mol. The van der Waals surface area contributed by atoms with E-state index in [1.807, 2.05) is 12.1 Å². The number of hydrogen-bond acceptors (Lipinski definition) is 3. The van der Waals surface area contributed by atoms with Crippen molar-refractivity contribution in [1.82, 2.24) is 9.55 Å². The highest BCUT2D eigenvalue weighted by Crippen LogP contribution is 2.25. The normalized spacial score (nSPS) is 10.8. The Morgan fingerprint density at radius 3 is 2.74 bits per heavy atom. The minimum atomic E-state index is 0.213. The zero-order valence-corrected chi connectivity index (χ0v) is 14.8. The monoisotopic (exact) mass is 354 g/mol. The van der Waals surface area contributed by atoms with E-state index in [1.165, 1.54) is 0 Å². The molecule has 0 aliphatic carbocycles. The fraction of sp³-hybridized carbons (Fsp3) is 0.412. The van der Waals surface area contributed by atoms with E-state index in [0.29, 0.717) is 36.0 Å². The number of aromatic nitrogens is 2. The number of nitrogens with zero attached hydrogens (tertiary/aromatic N) is 2. The molecule has 0 bridgehead atoms. The van der Waals surface area contributed by atoms with Crippen molar-refractivity contribution in [2.24, 2.45) is 0 Å². The molecule has 0 aliphatic rings. The first-order chi connectivity index (χ1) is 11.1. The summed E-state index contributed by atoms with van der Waals surface area (Å²) < 4.78 is 7.43. The number of carbonyl (C=O) groups excluding carboxylic acids is 1. The van der Waals surface area contributed by atoms with Crippen molar-refractivity contribution in [2.75, 3.05) is 6.61 Å². The van der Waals surface area contributed by atoms with Crippen LogP contribution in [0.5, 0.6) is 5.75 Å². The summed E-state index contributed by atoms with van der Waals surface area (Å²) in [6.07, 6.45) is 4.06. The van der Waals surface area contributed by atoms with Crippen LogP contribution in [-0.2, 0) is 6.54 Å². The van der Waals surface area contributed by atoms with Crippen molar-refractivity contribution in [3.8, 4) is 5.75 Å². The molecule has 0 saturated carbocycles. The van der Waals surface area contributed by atoms with E-state index in [0.717, 1.165) is 30.6 Å². The van der Waals surface area contributed by atoms with Crippen LogP contribution in [0.3, 0.4) is 0 Å². The largest absolute Gasteiger partial charge is 0.494 e. The second-order valence-corrected chi connectivity index (χ2v) is 6.11. The van der Waals surface area contributed by atoms with Gasteiger partial charge in [-0.15, -0.1) is 0 Å². The molecule has 0 saturated heterocycles. The van der Waals surface area contributed by atoms with Gasteiger partial charge in [-0.3, -0.25) is 4.79 Å². The molecule has 124 valence electrons. The van der Waals surface area contributed by atoms with Crippen LogP contribution in [0.15, 0.2) is 18.2 Å². The van der Waals surface area contributed by atoms with Gasteiger partial charge in [0.15, 0.2) is 11.4 Å². The minimum absolute atomic E-state index is 0.213. The lowest BCUT2D eigenvalue weighted by Crippen LogP contribution is -2.07. The highest BCUT2D eigenvalue weighted by atomic mass is 35.5. The first kappa shape index (κ1) is 17.8. The van der Waals surface area contributed by atoms with Crippen LogP contribution in [0.25, 0.3) is 0 Å². The zero-order chi connectivity index (χ0) is 16.8. The molecule has 4 nitrogen and oxygen atoms in total. The van der Waals surface area contributed by atoms with Crippen LogP contribution in [0.1, 0.15) is 48.1 Å². The number of halogens is 2. The van der Waals surface area contributed by atoms with Crippen molar-refractivity contribution in [3.63, 3.8) is 0 Å². The molecule has 6 heteroatoms. The van der Waals surface area contributed by atoms with Crippen molar-refractivity contribution in [3.05, 3.63) is 45.5 Å². The molecule has 0 aliphatic heterocycles. The van der Waals surface area contributed by atoms with Gasteiger partial charge < -0.3 is 9.30 Å². The van der Waals surface area contributed by atoms with Crippen LogP contribution in [-0.4, -0.2) is 22.4 Å². The smallest absolute Gasteiger partial charge is 0.169 e. The Kier molecular flexibility index (Phi) is 6.48. The average Bonchev–Trinajstić information content (AvgIpc) is 2.79. The Hall–Kier alpha value is -1.52. The molecule has 0 atom stereocenters. The third-order valence-electron chi connectivity index (χ3n) is 3.63. The number of rotatable bonds is 8. The van der Waals surface area contributed by atoms with Gasteiger partial charge in [0.05, 0.1) is 13.2 Å². The Morgan fingerprint density at radius 2 is 2.09 bits per heavy atom. The SMILES string of the molecule is CCCCCOc1ccc(Cn2c(C)nc(Cl)c2C=O)c(Cl)c1. The van der Waals surface area contributed by atoms with E-state index in [-0.39, 0.29) is 5.15 Å². The lowest BCUT2D eigenvalue weighted by atomic mass is 10.2. The predicted molar refractivity (Wildman–Crippen MR) is 92.9 cm³/mol.